The van der Waals surface area contributed by atoms with Crippen LogP contribution in [0.25, 0.3) is 10.2 Å². The molecular formula is C17H16FN3OS. The molecule has 3 aromatic rings. The molecule has 6 heteroatoms. The van der Waals surface area contributed by atoms with Crippen molar-refractivity contribution in [1.82, 2.24) is 14.9 Å². The molecular weight excluding hydrogens is 313 g/mol. The van der Waals surface area contributed by atoms with Crippen molar-refractivity contribution in [2.45, 2.75) is 25.9 Å². The molecule has 1 N–H and O–H groups in total. The van der Waals surface area contributed by atoms with Crippen LogP contribution in [0, 0.1) is 5.82 Å². The van der Waals surface area contributed by atoms with E-state index in [9.17, 15) is 9.18 Å². The van der Waals surface area contributed by atoms with E-state index >= 15 is 0 Å². The lowest BCUT2D eigenvalue weighted by Gasteiger charge is -2.16. The van der Waals surface area contributed by atoms with Crippen molar-refractivity contribution in [2.24, 2.45) is 0 Å². The average molecular weight is 329 g/mol. The van der Waals surface area contributed by atoms with Crippen LogP contribution in [-0.4, -0.2) is 16.1 Å². The SMILES string of the molecule is CC(c1ccc(F)cc1)n1cnc2sc3c(c2c1=O)CNCC3. The summed E-state index contributed by atoms with van der Waals surface area (Å²) in [6, 6.07) is 6.06. The highest BCUT2D eigenvalue weighted by molar-refractivity contribution is 7.18. The zero-order valence-corrected chi connectivity index (χ0v) is 13.5. The van der Waals surface area contributed by atoms with Crippen LogP contribution in [0.5, 0.6) is 0 Å². The summed E-state index contributed by atoms with van der Waals surface area (Å²) >= 11 is 1.62. The van der Waals surface area contributed by atoms with Gasteiger partial charge in [0.15, 0.2) is 0 Å². The topological polar surface area (TPSA) is 46.9 Å². The van der Waals surface area contributed by atoms with E-state index in [-0.39, 0.29) is 17.4 Å². The number of nitrogens with zero attached hydrogens (tertiary/aromatic N) is 2. The molecule has 3 heterocycles. The summed E-state index contributed by atoms with van der Waals surface area (Å²) in [5, 5.41) is 4.05. The van der Waals surface area contributed by atoms with E-state index < -0.39 is 0 Å². The van der Waals surface area contributed by atoms with E-state index in [0.29, 0.717) is 0 Å². The minimum Gasteiger partial charge on any atom is -0.312 e. The second kappa shape index (κ2) is 5.54. The highest BCUT2D eigenvalue weighted by atomic mass is 32.1. The summed E-state index contributed by atoms with van der Waals surface area (Å²) in [7, 11) is 0. The predicted octanol–water partition coefficient (Wildman–Crippen LogP) is 2.85. The van der Waals surface area contributed by atoms with Crippen molar-refractivity contribution in [1.29, 1.82) is 0 Å². The van der Waals surface area contributed by atoms with Gasteiger partial charge in [0.2, 0.25) is 0 Å². The molecule has 0 radical (unpaired) electrons. The fourth-order valence-electron chi connectivity index (χ4n) is 3.09. The number of benzene rings is 1. The van der Waals surface area contributed by atoms with E-state index in [4.69, 9.17) is 0 Å². The van der Waals surface area contributed by atoms with Crippen molar-refractivity contribution >= 4 is 21.6 Å². The zero-order chi connectivity index (χ0) is 16.0. The molecule has 0 fully saturated rings. The van der Waals surface area contributed by atoms with Crippen molar-refractivity contribution in [3.05, 3.63) is 62.8 Å². The molecule has 0 bridgehead atoms. The third-order valence-corrected chi connectivity index (χ3v) is 5.62. The van der Waals surface area contributed by atoms with Crippen LogP contribution in [0.4, 0.5) is 4.39 Å². The number of nitrogens with one attached hydrogen (secondary N) is 1. The third kappa shape index (κ3) is 2.38. The van der Waals surface area contributed by atoms with Gasteiger partial charge in [0.25, 0.3) is 5.56 Å². The van der Waals surface area contributed by atoms with Gasteiger partial charge >= 0.3 is 0 Å². The molecule has 1 aliphatic rings. The Hall–Kier alpha value is -2.05. The fraction of sp³-hybridized carbons (Fsp3) is 0.294. The molecule has 1 atom stereocenters. The summed E-state index contributed by atoms with van der Waals surface area (Å²) in [6.45, 7) is 3.60. The Morgan fingerprint density at radius 3 is 2.91 bits per heavy atom. The van der Waals surface area contributed by atoms with Crippen molar-refractivity contribution < 1.29 is 4.39 Å². The lowest BCUT2D eigenvalue weighted by Crippen LogP contribution is -2.27. The Morgan fingerprint density at radius 1 is 1.35 bits per heavy atom. The van der Waals surface area contributed by atoms with Gasteiger partial charge in [-0.15, -0.1) is 11.3 Å². The number of rotatable bonds is 2. The van der Waals surface area contributed by atoms with E-state index in [1.807, 2.05) is 6.92 Å². The Morgan fingerprint density at radius 2 is 2.13 bits per heavy atom. The van der Waals surface area contributed by atoms with Crippen LogP contribution in [0.3, 0.4) is 0 Å². The van der Waals surface area contributed by atoms with Gasteiger partial charge in [-0.2, -0.15) is 0 Å². The number of thiophene rings is 1. The highest BCUT2D eigenvalue weighted by Gasteiger charge is 2.21. The van der Waals surface area contributed by atoms with Gasteiger partial charge in [0.05, 0.1) is 17.8 Å². The molecule has 1 unspecified atom stereocenters. The van der Waals surface area contributed by atoms with E-state index in [0.717, 1.165) is 40.9 Å². The minimum absolute atomic E-state index is 0.0203. The summed E-state index contributed by atoms with van der Waals surface area (Å²) < 4.78 is 14.7. The monoisotopic (exact) mass is 329 g/mol. The van der Waals surface area contributed by atoms with Gasteiger partial charge in [-0.25, -0.2) is 9.37 Å². The molecule has 23 heavy (non-hydrogen) atoms. The van der Waals surface area contributed by atoms with Crippen molar-refractivity contribution in [2.75, 3.05) is 6.54 Å². The van der Waals surface area contributed by atoms with E-state index in [1.54, 1.807) is 34.4 Å². The van der Waals surface area contributed by atoms with Gasteiger partial charge in [-0.05, 0) is 36.6 Å². The first kappa shape index (κ1) is 14.5. The van der Waals surface area contributed by atoms with Gasteiger partial charge in [-0.3, -0.25) is 9.36 Å². The second-order valence-corrected chi connectivity index (χ2v) is 6.88. The normalized spacial score (nSPS) is 15.6. The highest BCUT2D eigenvalue weighted by Crippen LogP contribution is 2.30. The molecule has 0 saturated heterocycles. The number of aromatic nitrogens is 2. The molecule has 0 aliphatic carbocycles. The largest absolute Gasteiger partial charge is 0.312 e. The maximum absolute atomic E-state index is 13.1. The standard InChI is InChI=1S/C17H16FN3OS/c1-10(11-2-4-12(18)5-3-11)21-9-20-16-15(17(21)22)13-8-19-7-6-14(13)23-16/h2-5,9-10,19H,6-8H2,1H3. The van der Waals surface area contributed by atoms with Crippen LogP contribution >= 0.6 is 11.3 Å². The van der Waals surface area contributed by atoms with Gasteiger partial charge in [0, 0.05) is 18.0 Å². The second-order valence-electron chi connectivity index (χ2n) is 5.80. The molecule has 1 aliphatic heterocycles. The predicted molar refractivity (Wildman–Crippen MR) is 89.5 cm³/mol. The molecule has 118 valence electrons. The lowest BCUT2D eigenvalue weighted by molar-refractivity contribution is 0.599. The Bertz CT molecular complexity index is 929. The first-order valence-electron chi connectivity index (χ1n) is 7.62. The third-order valence-electron chi connectivity index (χ3n) is 4.42. The smallest absolute Gasteiger partial charge is 0.262 e. The van der Waals surface area contributed by atoms with E-state index in [2.05, 4.69) is 10.3 Å². The quantitative estimate of drug-likeness (QED) is 0.786. The number of hydrogen-bond acceptors (Lipinski definition) is 4. The number of halogens is 1. The van der Waals surface area contributed by atoms with E-state index in [1.165, 1.54) is 17.0 Å². The van der Waals surface area contributed by atoms with Crippen LogP contribution in [-0.2, 0) is 13.0 Å². The maximum Gasteiger partial charge on any atom is 0.262 e. The summed E-state index contributed by atoms with van der Waals surface area (Å²) in [5.41, 5.74) is 1.96. The summed E-state index contributed by atoms with van der Waals surface area (Å²) in [6.07, 6.45) is 2.55. The van der Waals surface area contributed by atoms with Crippen LogP contribution in [0.1, 0.15) is 29.0 Å². The van der Waals surface area contributed by atoms with Gasteiger partial charge in [-0.1, -0.05) is 12.1 Å². The van der Waals surface area contributed by atoms with Gasteiger partial charge in [0.1, 0.15) is 10.6 Å². The molecule has 0 spiro atoms. The fourth-order valence-corrected chi connectivity index (χ4v) is 4.23. The minimum atomic E-state index is -0.278. The average Bonchev–Trinajstić information content (AvgIpc) is 2.94. The molecule has 4 nitrogen and oxygen atoms in total. The first-order valence-corrected chi connectivity index (χ1v) is 8.44. The zero-order valence-electron chi connectivity index (χ0n) is 12.7. The Labute approximate surface area is 136 Å². The Kier molecular flexibility index (Phi) is 3.50. The number of hydrogen-bond donors (Lipinski definition) is 1. The molecule has 0 amide bonds. The van der Waals surface area contributed by atoms with Gasteiger partial charge < -0.3 is 5.32 Å². The first-order chi connectivity index (χ1) is 11.1. The van der Waals surface area contributed by atoms with Crippen molar-refractivity contribution in [3.8, 4) is 0 Å². The molecule has 4 rings (SSSR count). The molecule has 0 saturated carbocycles. The van der Waals surface area contributed by atoms with Crippen LogP contribution in [0.15, 0.2) is 35.4 Å². The number of fused-ring (bicyclic) bond motifs is 3. The van der Waals surface area contributed by atoms with Crippen LogP contribution in [0.2, 0.25) is 0 Å². The maximum atomic E-state index is 13.1. The molecule has 1 aromatic carbocycles. The van der Waals surface area contributed by atoms with Crippen molar-refractivity contribution in [3.63, 3.8) is 0 Å². The van der Waals surface area contributed by atoms with Crippen LogP contribution < -0.4 is 10.9 Å². The Balaban J connectivity index is 1.86. The summed E-state index contributed by atoms with van der Waals surface area (Å²) in [4.78, 5) is 19.5. The molecule has 2 aromatic heterocycles. The lowest BCUT2D eigenvalue weighted by atomic mass is 10.1. The summed E-state index contributed by atoms with van der Waals surface area (Å²) in [5.74, 6) is -0.278.